The van der Waals surface area contributed by atoms with Crippen molar-refractivity contribution >= 4 is 78.4 Å². The first-order valence-electron chi connectivity index (χ1n) is 26.2. The van der Waals surface area contributed by atoms with Gasteiger partial charge in [-0.3, -0.25) is 18.7 Å². The van der Waals surface area contributed by atoms with Crippen molar-refractivity contribution in [3.8, 4) is 45.4 Å². The number of pyridine rings is 2. The second kappa shape index (κ2) is 22.2. The van der Waals surface area contributed by atoms with Crippen LogP contribution in [0.25, 0.3) is 77.5 Å². The molecule has 0 saturated heterocycles. The molecular weight excluding hydrogens is 1090 g/mol. The van der Waals surface area contributed by atoms with Crippen LogP contribution in [-0.4, -0.2) is 60.8 Å². The van der Waals surface area contributed by atoms with Crippen molar-refractivity contribution in [1.82, 2.24) is 48.6 Å². The van der Waals surface area contributed by atoms with Crippen molar-refractivity contribution in [1.29, 1.82) is 0 Å². The largest absolute Gasteiger partial charge is 0.488 e. The summed E-state index contributed by atoms with van der Waals surface area (Å²) in [6, 6.07) is 41.5. The number of benzene rings is 6. The van der Waals surface area contributed by atoms with Crippen LogP contribution in [0.15, 0.2) is 168 Å². The Balaban J connectivity index is 0.000000172. The van der Waals surface area contributed by atoms with Gasteiger partial charge in [-0.2, -0.15) is 10.2 Å². The molecule has 6 aromatic heterocycles. The summed E-state index contributed by atoms with van der Waals surface area (Å²) < 4.78 is 47.8. The third-order valence-electron chi connectivity index (χ3n) is 13.8. The van der Waals surface area contributed by atoms with Gasteiger partial charge in [-0.05, 0) is 137 Å². The number of aromatic nitrogens is 10. The molecule has 0 amide bonds. The van der Waals surface area contributed by atoms with Crippen LogP contribution < -0.4 is 32.1 Å². The number of anilines is 2. The summed E-state index contributed by atoms with van der Waals surface area (Å²) in [7, 11) is 0. The molecule has 2 unspecified atom stereocenters. The first-order chi connectivity index (χ1) is 39.5. The van der Waals surface area contributed by atoms with Crippen molar-refractivity contribution in [3.05, 3.63) is 212 Å². The highest BCUT2D eigenvalue weighted by Crippen LogP contribution is 2.38. The lowest BCUT2D eigenvalue weighted by Crippen LogP contribution is -2.26. The zero-order valence-electron chi connectivity index (χ0n) is 45.1. The molecule has 0 bridgehead atoms. The van der Waals surface area contributed by atoms with Gasteiger partial charge >= 0.3 is 0 Å². The molecule has 0 spiro atoms. The first-order valence-corrected chi connectivity index (χ1v) is 26.9. The Labute approximate surface area is 477 Å². The number of nitrogens with zero attached hydrogens (tertiary/aromatic N) is 10. The quantitative estimate of drug-likeness (QED) is 0.117. The van der Waals surface area contributed by atoms with Crippen LogP contribution in [-0.2, 0) is 0 Å². The number of halogens is 4. The molecular formula is C62H52Cl2F2N12O4. The summed E-state index contributed by atoms with van der Waals surface area (Å²) in [6.45, 7) is 11.2. The Morgan fingerprint density at radius 1 is 0.476 bits per heavy atom. The van der Waals surface area contributed by atoms with E-state index in [0.29, 0.717) is 98.9 Å². The number of fused-ring (bicyclic) bond motifs is 4. The summed E-state index contributed by atoms with van der Waals surface area (Å²) in [5.74, 6) is -0.342. The van der Waals surface area contributed by atoms with E-state index in [2.05, 4.69) is 19.9 Å². The third-order valence-corrected chi connectivity index (χ3v) is 14.5. The average molecular weight is 1140 g/mol. The minimum Gasteiger partial charge on any atom is -0.488 e. The van der Waals surface area contributed by atoms with Gasteiger partial charge in [0, 0.05) is 22.5 Å². The Morgan fingerprint density at radius 2 is 0.866 bits per heavy atom. The third kappa shape index (κ3) is 10.00. The molecule has 6 heterocycles. The van der Waals surface area contributed by atoms with E-state index in [1.165, 1.54) is 24.8 Å². The number of rotatable bonds is 12. The molecule has 412 valence electrons. The Morgan fingerprint density at radius 3 is 1.23 bits per heavy atom. The van der Waals surface area contributed by atoms with Crippen LogP contribution in [0, 0.1) is 11.6 Å². The smallest absolute Gasteiger partial charge is 0.264 e. The number of hydrogen-bond acceptors (Lipinski definition) is 12. The molecule has 16 nitrogen and oxygen atoms in total. The number of hydrogen-bond donors (Lipinski definition) is 2. The van der Waals surface area contributed by atoms with Crippen LogP contribution in [0.1, 0.15) is 65.0 Å². The topological polar surface area (TPSA) is 202 Å². The number of ether oxygens (including phenoxy) is 2. The summed E-state index contributed by atoms with van der Waals surface area (Å²) in [5.41, 5.74) is 17.5. The summed E-state index contributed by atoms with van der Waals surface area (Å²) in [6.07, 6.45) is 2.35. The lowest BCUT2D eigenvalue weighted by molar-refractivity contribution is 0.231. The summed E-state index contributed by atoms with van der Waals surface area (Å²) in [4.78, 5) is 45.2. The van der Waals surface area contributed by atoms with E-state index in [-0.39, 0.29) is 46.5 Å². The SMILES string of the molecule is CC(C)Oc1ccc(-c2nn(C(C)c3cc4cccc(Cl)c4c(=O)n3-c3ccccc3)c3ncnc(N)c23)cc1F.CC(C)Oc1ccc(-c2nn(C(C)c3cc4cccc(Cl)c4c(=O)n3-c3ccccc3)c3ncnc(N)c23)cc1F. The number of para-hydroxylation sites is 2. The predicted molar refractivity (Wildman–Crippen MR) is 319 cm³/mol. The molecule has 0 aliphatic heterocycles. The monoisotopic (exact) mass is 1140 g/mol. The molecule has 12 rings (SSSR count). The van der Waals surface area contributed by atoms with Gasteiger partial charge in [-0.15, -0.1) is 0 Å². The van der Waals surface area contributed by atoms with E-state index >= 15 is 8.78 Å². The van der Waals surface area contributed by atoms with Gasteiger partial charge in [0.2, 0.25) is 0 Å². The van der Waals surface area contributed by atoms with Crippen molar-refractivity contribution < 1.29 is 18.3 Å². The maximum Gasteiger partial charge on any atom is 0.264 e. The highest BCUT2D eigenvalue weighted by molar-refractivity contribution is 6.35. The standard InChI is InChI=1S/2C31H26ClFN6O2/c2*1-17(2)41-25-13-12-20(14-23(25)33)28-27-29(34)35-16-36-30(27)39(37-28)18(3)24-15-19-8-7-11-22(32)26(19)31(40)38(24)21-9-5-4-6-10-21/h2*4-18H,1-3H3,(H2,34,35,36). The Bertz CT molecular complexity index is 4260. The molecule has 0 saturated carbocycles. The van der Waals surface area contributed by atoms with Gasteiger partial charge in [-0.25, -0.2) is 38.1 Å². The van der Waals surface area contributed by atoms with Crippen LogP contribution in [0.3, 0.4) is 0 Å². The van der Waals surface area contributed by atoms with Gasteiger partial charge in [0.15, 0.2) is 34.4 Å². The zero-order chi connectivity index (χ0) is 57.7. The van der Waals surface area contributed by atoms with Crippen LogP contribution >= 0.6 is 23.2 Å². The van der Waals surface area contributed by atoms with Crippen molar-refractivity contribution in [2.75, 3.05) is 11.5 Å². The predicted octanol–water partition coefficient (Wildman–Crippen LogP) is 13.1. The van der Waals surface area contributed by atoms with Crippen molar-refractivity contribution in [2.45, 2.75) is 65.8 Å². The highest BCUT2D eigenvalue weighted by atomic mass is 35.5. The van der Waals surface area contributed by atoms with E-state index in [1.807, 2.05) is 139 Å². The van der Waals surface area contributed by atoms with Crippen molar-refractivity contribution in [3.63, 3.8) is 0 Å². The second-order valence-electron chi connectivity index (χ2n) is 20.0. The molecule has 0 aliphatic rings. The fourth-order valence-electron chi connectivity index (χ4n) is 10.2. The molecule has 0 radical (unpaired) electrons. The lowest BCUT2D eigenvalue weighted by atomic mass is 10.1. The Kier molecular flexibility index (Phi) is 14.7. The van der Waals surface area contributed by atoms with E-state index < -0.39 is 23.7 Å². The van der Waals surface area contributed by atoms with Gasteiger partial charge in [0.25, 0.3) is 11.1 Å². The van der Waals surface area contributed by atoms with E-state index in [9.17, 15) is 9.59 Å². The maximum atomic E-state index is 15.0. The van der Waals surface area contributed by atoms with Gasteiger partial charge < -0.3 is 20.9 Å². The number of nitrogen functional groups attached to an aromatic ring is 2. The van der Waals surface area contributed by atoms with E-state index in [0.717, 1.165) is 0 Å². The zero-order valence-corrected chi connectivity index (χ0v) is 46.6. The Hall–Kier alpha value is -9.52. The summed E-state index contributed by atoms with van der Waals surface area (Å²) in [5, 5.41) is 13.7. The normalized spacial score (nSPS) is 12.3. The molecule has 0 aliphatic carbocycles. The molecule has 82 heavy (non-hydrogen) atoms. The maximum absolute atomic E-state index is 15.0. The fraction of sp³-hybridized carbons (Fsp3) is 0.161. The first kappa shape index (κ1) is 54.4. The molecule has 4 N–H and O–H groups in total. The molecule has 2 atom stereocenters. The molecule has 6 aromatic carbocycles. The molecule has 12 aromatic rings. The van der Waals surface area contributed by atoms with E-state index in [1.54, 1.807) is 54.9 Å². The van der Waals surface area contributed by atoms with Crippen molar-refractivity contribution in [2.24, 2.45) is 0 Å². The van der Waals surface area contributed by atoms with Gasteiger partial charge in [0.1, 0.15) is 35.7 Å². The highest BCUT2D eigenvalue weighted by Gasteiger charge is 2.28. The van der Waals surface area contributed by atoms with Crippen LogP contribution in [0.5, 0.6) is 11.5 Å². The minimum atomic E-state index is -0.522. The van der Waals surface area contributed by atoms with Gasteiger partial charge in [-0.1, -0.05) is 83.9 Å². The van der Waals surface area contributed by atoms with E-state index in [4.69, 9.17) is 54.3 Å². The average Bonchev–Trinajstić information content (AvgIpc) is 4.24. The fourth-order valence-corrected chi connectivity index (χ4v) is 10.7. The lowest BCUT2D eigenvalue weighted by Gasteiger charge is -2.21. The molecule has 0 fully saturated rings. The van der Waals surface area contributed by atoms with Gasteiger partial charge in [0.05, 0.1) is 67.3 Å². The minimum absolute atomic E-state index is 0.145. The van der Waals surface area contributed by atoms with Crippen LogP contribution in [0.2, 0.25) is 10.0 Å². The van der Waals surface area contributed by atoms with Crippen LogP contribution in [0.4, 0.5) is 20.4 Å². The summed E-state index contributed by atoms with van der Waals surface area (Å²) >= 11 is 13.0. The second-order valence-corrected chi connectivity index (χ2v) is 20.8. The molecule has 20 heteroatoms. The number of nitrogens with two attached hydrogens (primary N) is 2.